The highest BCUT2D eigenvalue weighted by molar-refractivity contribution is 7.90. The Labute approximate surface area is 129 Å². The van der Waals surface area contributed by atoms with Gasteiger partial charge in [0, 0.05) is 17.5 Å². The first-order valence-electron chi connectivity index (χ1n) is 6.45. The summed E-state index contributed by atoms with van der Waals surface area (Å²) in [6, 6.07) is 8.23. The molecule has 8 heteroatoms. The first kappa shape index (κ1) is 15.8. The minimum Gasteiger partial charge on any atom is -0.369 e. The fourth-order valence-electron chi connectivity index (χ4n) is 2.05. The summed E-state index contributed by atoms with van der Waals surface area (Å²) in [7, 11) is -3.64. The van der Waals surface area contributed by atoms with Crippen LogP contribution in [0.2, 0.25) is 0 Å². The summed E-state index contributed by atoms with van der Waals surface area (Å²) < 4.78 is 26.5. The first-order chi connectivity index (χ1) is 10.3. The summed E-state index contributed by atoms with van der Waals surface area (Å²) in [5, 5.41) is 7.25. The van der Waals surface area contributed by atoms with Crippen molar-refractivity contribution in [1.29, 1.82) is 0 Å². The molecule has 7 nitrogen and oxygen atoms in total. The number of benzene rings is 1. The second-order valence-corrected chi connectivity index (χ2v) is 6.51. The van der Waals surface area contributed by atoms with Crippen LogP contribution in [0, 0.1) is 13.8 Å². The van der Waals surface area contributed by atoms with Crippen LogP contribution in [0.25, 0.3) is 0 Å². The highest BCUT2D eigenvalue weighted by atomic mass is 32.2. The van der Waals surface area contributed by atoms with Gasteiger partial charge in [0.05, 0.1) is 11.1 Å². The maximum Gasteiger partial charge on any atom is 0.267 e. The Balaban J connectivity index is 2.51. The van der Waals surface area contributed by atoms with E-state index >= 15 is 0 Å². The van der Waals surface area contributed by atoms with E-state index in [1.807, 2.05) is 0 Å². The minimum absolute atomic E-state index is 0.164. The Morgan fingerprint density at radius 3 is 2.41 bits per heavy atom. The van der Waals surface area contributed by atoms with Gasteiger partial charge in [-0.15, -0.1) is 5.10 Å². The summed E-state index contributed by atoms with van der Waals surface area (Å²) >= 11 is 0. The zero-order chi connectivity index (χ0) is 16.3. The lowest BCUT2D eigenvalue weighted by atomic mass is 10.2. The molecule has 0 amide bonds. The highest BCUT2D eigenvalue weighted by Crippen LogP contribution is 2.21. The number of nitrogens with zero attached hydrogens (tertiary/aromatic N) is 3. The van der Waals surface area contributed by atoms with E-state index in [9.17, 15) is 8.42 Å². The van der Waals surface area contributed by atoms with E-state index in [-0.39, 0.29) is 10.9 Å². The van der Waals surface area contributed by atoms with Gasteiger partial charge in [0.15, 0.2) is 0 Å². The molecule has 0 spiro atoms. The summed E-state index contributed by atoms with van der Waals surface area (Å²) in [6.07, 6.45) is 2.98. The number of hydrogen-bond acceptors (Lipinski definition) is 4. The van der Waals surface area contributed by atoms with Gasteiger partial charge in [0.2, 0.25) is 5.96 Å². The van der Waals surface area contributed by atoms with Gasteiger partial charge in [-0.25, -0.2) is 12.4 Å². The third-order valence-corrected chi connectivity index (χ3v) is 4.88. The van der Waals surface area contributed by atoms with Crippen molar-refractivity contribution < 1.29 is 8.42 Å². The molecule has 0 unspecified atom stereocenters. The molecule has 0 fully saturated rings. The lowest BCUT2D eigenvalue weighted by Crippen LogP contribution is -2.21. The van der Waals surface area contributed by atoms with Crippen molar-refractivity contribution in [1.82, 2.24) is 3.97 Å². The van der Waals surface area contributed by atoms with Crippen LogP contribution in [0.1, 0.15) is 16.8 Å². The fourth-order valence-corrected chi connectivity index (χ4v) is 3.53. The van der Waals surface area contributed by atoms with Crippen LogP contribution >= 0.6 is 0 Å². The first-order valence-corrected chi connectivity index (χ1v) is 7.89. The zero-order valence-electron chi connectivity index (χ0n) is 12.3. The molecule has 2 rings (SSSR count). The molecule has 2 aromatic rings. The summed E-state index contributed by atoms with van der Waals surface area (Å²) in [4.78, 5) is 0.223. The third-order valence-electron chi connectivity index (χ3n) is 3.12. The summed E-state index contributed by atoms with van der Waals surface area (Å²) in [5.74, 6) is -0.164. The molecule has 0 aliphatic heterocycles. The second-order valence-electron chi connectivity index (χ2n) is 4.69. The topological polar surface area (TPSA) is 116 Å². The van der Waals surface area contributed by atoms with E-state index in [4.69, 9.17) is 11.5 Å². The zero-order valence-corrected chi connectivity index (χ0v) is 13.1. The van der Waals surface area contributed by atoms with Crippen molar-refractivity contribution in [3.63, 3.8) is 0 Å². The molecule has 1 aromatic heterocycles. The van der Waals surface area contributed by atoms with Gasteiger partial charge in [-0.2, -0.15) is 5.10 Å². The smallest absolute Gasteiger partial charge is 0.267 e. The molecular formula is C14H17N5O2S. The standard InChI is InChI=1S/C14H17N5O2S/c1-10-9-19(11(2)13(10)8-17-18-14(15)16)22(20,21)12-6-4-3-5-7-12/h3-9H,1-2H3,(H4,15,16,18)/b17-8+. The minimum atomic E-state index is -3.64. The van der Waals surface area contributed by atoms with Crippen molar-refractivity contribution in [2.45, 2.75) is 18.7 Å². The van der Waals surface area contributed by atoms with Crippen LogP contribution in [-0.4, -0.2) is 24.6 Å². The van der Waals surface area contributed by atoms with Crippen molar-refractivity contribution in [3.05, 3.63) is 53.3 Å². The molecule has 1 heterocycles. The Morgan fingerprint density at radius 2 is 1.82 bits per heavy atom. The molecule has 0 saturated carbocycles. The molecule has 116 valence electrons. The van der Waals surface area contributed by atoms with E-state index in [0.717, 1.165) is 5.56 Å². The SMILES string of the molecule is Cc1cn(S(=O)(=O)c2ccccc2)c(C)c1/C=N/N=C(N)N. The molecule has 1 aromatic carbocycles. The van der Waals surface area contributed by atoms with Crippen LogP contribution in [0.4, 0.5) is 0 Å². The third kappa shape index (κ3) is 3.01. The Kier molecular flexibility index (Phi) is 4.32. The lowest BCUT2D eigenvalue weighted by Gasteiger charge is -2.08. The van der Waals surface area contributed by atoms with Gasteiger partial charge in [-0.1, -0.05) is 18.2 Å². The number of aryl methyl sites for hydroxylation is 1. The summed E-state index contributed by atoms with van der Waals surface area (Å²) in [6.45, 7) is 3.49. The lowest BCUT2D eigenvalue weighted by molar-refractivity contribution is 0.586. The highest BCUT2D eigenvalue weighted by Gasteiger charge is 2.20. The quantitative estimate of drug-likeness (QED) is 0.496. The van der Waals surface area contributed by atoms with Crippen LogP contribution < -0.4 is 11.5 Å². The van der Waals surface area contributed by atoms with Gasteiger partial charge >= 0.3 is 0 Å². The predicted octanol–water partition coefficient (Wildman–Crippen LogP) is 0.949. The van der Waals surface area contributed by atoms with Crippen LogP contribution in [-0.2, 0) is 10.0 Å². The largest absolute Gasteiger partial charge is 0.369 e. The summed E-state index contributed by atoms with van der Waals surface area (Å²) in [5.41, 5.74) is 12.3. The van der Waals surface area contributed by atoms with E-state index in [1.54, 1.807) is 50.4 Å². The fraction of sp³-hybridized carbons (Fsp3) is 0.143. The molecule has 0 bridgehead atoms. The van der Waals surface area contributed by atoms with Crippen LogP contribution in [0.15, 0.2) is 51.6 Å². The molecule has 0 radical (unpaired) electrons. The normalized spacial score (nSPS) is 11.7. The van der Waals surface area contributed by atoms with Gasteiger partial charge in [-0.05, 0) is 31.5 Å². The van der Waals surface area contributed by atoms with Gasteiger partial charge < -0.3 is 11.5 Å². The van der Waals surface area contributed by atoms with Crippen molar-refractivity contribution in [2.75, 3.05) is 0 Å². The molecule has 0 aliphatic carbocycles. The van der Waals surface area contributed by atoms with Crippen molar-refractivity contribution in [2.24, 2.45) is 21.7 Å². The Hall–Kier alpha value is -2.61. The van der Waals surface area contributed by atoms with Crippen molar-refractivity contribution >= 4 is 22.2 Å². The molecule has 0 aliphatic rings. The molecular weight excluding hydrogens is 302 g/mol. The number of aromatic nitrogens is 1. The van der Waals surface area contributed by atoms with E-state index < -0.39 is 10.0 Å². The van der Waals surface area contributed by atoms with Crippen molar-refractivity contribution in [3.8, 4) is 0 Å². The Bertz CT molecular complexity index is 832. The number of rotatable bonds is 4. The average Bonchev–Trinajstić information content (AvgIpc) is 2.76. The molecule has 4 N–H and O–H groups in total. The van der Waals surface area contributed by atoms with Gasteiger partial charge in [-0.3, -0.25) is 0 Å². The molecule has 22 heavy (non-hydrogen) atoms. The maximum absolute atomic E-state index is 12.7. The monoisotopic (exact) mass is 319 g/mol. The van der Waals surface area contributed by atoms with Crippen LogP contribution in [0.3, 0.4) is 0 Å². The second kappa shape index (κ2) is 6.02. The van der Waals surface area contributed by atoms with E-state index in [0.29, 0.717) is 11.3 Å². The van der Waals surface area contributed by atoms with Gasteiger partial charge in [0.1, 0.15) is 0 Å². The maximum atomic E-state index is 12.7. The molecule has 0 atom stereocenters. The average molecular weight is 319 g/mol. The number of guanidine groups is 1. The van der Waals surface area contributed by atoms with Crippen LogP contribution in [0.5, 0.6) is 0 Å². The number of nitrogens with two attached hydrogens (primary N) is 2. The van der Waals surface area contributed by atoms with E-state index in [2.05, 4.69) is 10.2 Å². The molecule has 0 saturated heterocycles. The van der Waals surface area contributed by atoms with Gasteiger partial charge in [0.25, 0.3) is 10.0 Å². The predicted molar refractivity (Wildman–Crippen MR) is 86.3 cm³/mol. The Morgan fingerprint density at radius 1 is 1.18 bits per heavy atom. The van der Waals surface area contributed by atoms with E-state index in [1.165, 1.54) is 10.2 Å². The number of hydrogen-bond donors (Lipinski definition) is 2.